The van der Waals surface area contributed by atoms with E-state index in [0.717, 1.165) is 36.8 Å². The molecular formula is C22H23NO3S. The van der Waals surface area contributed by atoms with E-state index in [4.69, 9.17) is 9.47 Å². The monoisotopic (exact) mass is 381 g/mol. The minimum Gasteiger partial charge on any atom is -0.484 e. The molecule has 0 spiro atoms. The Labute approximate surface area is 163 Å². The molecule has 0 saturated carbocycles. The molecule has 1 aliphatic rings. The lowest BCUT2D eigenvalue weighted by Gasteiger charge is -2.36. The Kier molecular flexibility index (Phi) is 5.41. The second-order valence-electron chi connectivity index (χ2n) is 6.94. The van der Waals surface area contributed by atoms with Gasteiger partial charge in [-0.15, -0.1) is 11.3 Å². The van der Waals surface area contributed by atoms with Crippen LogP contribution in [0.4, 0.5) is 0 Å². The molecule has 0 bridgehead atoms. The van der Waals surface area contributed by atoms with E-state index in [2.05, 4.69) is 28.9 Å². The van der Waals surface area contributed by atoms with Gasteiger partial charge in [0.1, 0.15) is 5.75 Å². The zero-order valence-corrected chi connectivity index (χ0v) is 16.0. The summed E-state index contributed by atoms with van der Waals surface area (Å²) in [5.41, 5.74) is -0.0228. The molecule has 0 atom stereocenters. The lowest BCUT2D eigenvalue weighted by Crippen LogP contribution is -2.45. The Morgan fingerprint density at radius 2 is 1.89 bits per heavy atom. The third kappa shape index (κ3) is 4.15. The molecular weight excluding hydrogens is 358 g/mol. The van der Waals surface area contributed by atoms with Crippen LogP contribution in [0.2, 0.25) is 0 Å². The van der Waals surface area contributed by atoms with Crippen LogP contribution >= 0.6 is 11.3 Å². The van der Waals surface area contributed by atoms with Crippen LogP contribution in [-0.4, -0.2) is 32.3 Å². The van der Waals surface area contributed by atoms with Crippen LogP contribution in [0, 0.1) is 0 Å². The molecule has 1 aliphatic heterocycles. The molecule has 140 valence electrons. The first kappa shape index (κ1) is 18.0. The lowest BCUT2D eigenvalue weighted by molar-refractivity contribution is -0.123. The molecule has 4 rings (SSSR count). The number of benzene rings is 2. The Hall–Kier alpha value is -2.37. The Balaban J connectivity index is 1.35. The number of carbonyl (C=O) groups is 1. The van der Waals surface area contributed by atoms with Gasteiger partial charge in [0.25, 0.3) is 5.91 Å². The summed E-state index contributed by atoms with van der Waals surface area (Å²) >= 11 is 1.75. The van der Waals surface area contributed by atoms with E-state index in [1.807, 2.05) is 36.4 Å². The van der Waals surface area contributed by atoms with Gasteiger partial charge in [0.05, 0.1) is 0 Å². The number of hydrogen-bond acceptors (Lipinski definition) is 4. The van der Waals surface area contributed by atoms with Crippen molar-refractivity contribution in [3.05, 3.63) is 64.9 Å². The second kappa shape index (κ2) is 8.11. The minimum absolute atomic E-state index is 0.0228. The lowest BCUT2D eigenvalue weighted by atomic mass is 9.78. The van der Waals surface area contributed by atoms with Gasteiger partial charge in [-0.25, -0.2) is 0 Å². The van der Waals surface area contributed by atoms with Crippen molar-refractivity contribution in [1.29, 1.82) is 0 Å². The summed E-state index contributed by atoms with van der Waals surface area (Å²) in [5.74, 6) is 0.619. The smallest absolute Gasteiger partial charge is 0.257 e. The van der Waals surface area contributed by atoms with E-state index in [1.165, 1.54) is 4.88 Å². The SMILES string of the molecule is O=C(COc1ccc2ccccc2c1)NCC1(c2cccs2)CCOCC1. The molecule has 0 radical (unpaired) electrons. The maximum Gasteiger partial charge on any atom is 0.257 e. The van der Waals surface area contributed by atoms with Gasteiger partial charge in [-0.1, -0.05) is 36.4 Å². The molecule has 2 aromatic carbocycles. The van der Waals surface area contributed by atoms with Crippen LogP contribution in [0.3, 0.4) is 0 Å². The van der Waals surface area contributed by atoms with Crippen molar-refractivity contribution in [2.75, 3.05) is 26.4 Å². The van der Waals surface area contributed by atoms with Gasteiger partial charge < -0.3 is 14.8 Å². The average Bonchev–Trinajstić information content (AvgIpc) is 3.27. The fourth-order valence-corrected chi connectivity index (χ4v) is 4.56. The van der Waals surface area contributed by atoms with Gasteiger partial charge in [0.15, 0.2) is 6.61 Å². The molecule has 0 aliphatic carbocycles. The molecule has 3 aromatic rings. The van der Waals surface area contributed by atoms with Crippen molar-refractivity contribution in [2.24, 2.45) is 0 Å². The van der Waals surface area contributed by atoms with Gasteiger partial charge >= 0.3 is 0 Å². The summed E-state index contributed by atoms with van der Waals surface area (Å²) in [6.45, 7) is 2.12. The standard InChI is InChI=1S/C22H23NO3S/c24-21(15-26-19-8-7-17-4-1-2-5-18(17)14-19)23-16-22(9-11-25-12-10-22)20-6-3-13-27-20/h1-8,13-14H,9-12,15-16H2,(H,23,24). The van der Waals surface area contributed by atoms with Crippen LogP contribution in [0.15, 0.2) is 60.0 Å². The van der Waals surface area contributed by atoms with Gasteiger partial charge in [-0.3, -0.25) is 4.79 Å². The molecule has 5 heteroatoms. The molecule has 2 heterocycles. The Morgan fingerprint density at radius 1 is 1.07 bits per heavy atom. The first-order valence-electron chi connectivity index (χ1n) is 9.25. The van der Waals surface area contributed by atoms with Crippen molar-refractivity contribution >= 4 is 28.0 Å². The van der Waals surface area contributed by atoms with Crippen LogP contribution < -0.4 is 10.1 Å². The van der Waals surface area contributed by atoms with E-state index in [1.54, 1.807) is 11.3 Å². The summed E-state index contributed by atoms with van der Waals surface area (Å²) in [6.07, 6.45) is 1.86. The molecule has 1 N–H and O–H groups in total. The zero-order valence-electron chi connectivity index (χ0n) is 15.1. The van der Waals surface area contributed by atoms with E-state index in [-0.39, 0.29) is 17.9 Å². The molecule has 0 unspecified atom stereocenters. The van der Waals surface area contributed by atoms with E-state index < -0.39 is 0 Å². The van der Waals surface area contributed by atoms with E-state index in [0.29, 0.717) is 12.3 Å². The van der Waals surface area contributed by atoms with Gasteiger partial charge in [-0.2, -0.15) is 0 Å². The van der Waals surface area contributed by atoms with Gasteiger partial charge in [0, 0.05) is 30.1 Å². The normalized spacial score (nSPS) is 16.1. The number of carbonyl (C=O) groups excluding carboxylic acids is 1. The number of hydrogen-bond donors (Lipinski definition) is 1. The number of fused-ring (bicyclic) bond motifs is 1. The van der Waals surface area contributed by atoms with Crippen molar-refractivity contribution in [3.63, 3.8) is 0 Å². The van der Waals surface area contributed by atoms with Gasteiger partial charge in [0.2, 0.25) is 0 Å². The highest BCUT2D eigenvalue weighted by Crippen LogP contribution is 2.36. The van der Waals surface area contributed by atoms with E-state index >= 15 is 0 Å². The summed E-state index contributed by atoms with van der Waals surface area (Å²) in [5, 5.41) is 7.44. The molecule has 27 heavy (non-hydrogen) atoms. The second-order valence-corrected chi connectivity index (χ2v) is 7.89. The molecule has 1 fully saturated rings. The summed E-state index contributed by atoms with van der Waals surface area (Å²) in [7, 11) is 0. The number of amides is 1. The highest BCUT2D eigenvalue weighted by atomic mass is 32.1. The Bertz CT molecular complexity index is 901. The fraction of sp³-hybridized carbons (Fsp3) is 0.318. The van der Waals surface area contributed by atoms with E-state index in [9.17, 15) is 4.79 Å². The number of rotatable bonds is 6. The first-order valence-corrected chi connectivity index (χ1v) is 10.1. The zero-order chi connectivity index (χ0) is 18.5. The van der Waals surface area contributed by atoms with Crippen molar-refractivity contribution in [1.82, 2.24) is 5.32 Å². The predicted molar refractivity (Wildman–Crippen MR) is 109 cm³/mol. The quantitative estimate of drug-likeness (QED) is 0.698. The predicted octanol–water partition coefficient (Wildman–Crippen LogP) is 4.14. The maximum absolute atomic E-state index is 12.4. The summed E-state index contributed by atoms with van der Waals surface area (Å²) < 4.78 is 11.2. The fourth-order valence-electron chi connectivity index (χ4n) is 3.58. The van der Waals surface area contributed by atoms with Crippen LogP contribution in [-0.2, 0) is 14.9 Å². The molecule has 1 amide bonds. The topological polar surface area (TPSA) is 47.6 Å². The number of thiophene rings is 1. The first-order chi connectivity index (χ1) is 13.3. The Morgan fingerprint density at radius 3 is 2.67 bits per heavy atom. The third-order valence-corrected chi connectivity index (χ3v) is 6.32. The highest BCUT2D eigenvalue weighted by Gasteiger charge is 2.35. The van der Waals surface area contributed by atoms with Crippen LogP contribution in [0.5, 0.6) is 5.75 Å². The number of ether oxygens (including phenoxy) is 2. The number of nitrogens with one attached hydrogen (secondary N) is 1. The molecule has 1 aromatic heterocycles. The third-order valence-electron chi connectivity index (χ3n) is 5.21. The summed E-state index contributed by atoms with van der Waals surface area (Å²) in [4.78, 5) is 13.7. The summed E-state index contributed by atoms with van der Waals surface area (Å²) in [6, 6.07) is 18.2. The minimum atomic E-state index is -0.0921. The van der Waals surface area contributed by atoms with Crippen molar-refractivity contribution in [3.8, 4) is 5.75 Å². The van der Waals surface area contributed by atoms with Gasteiger partial charge in [-0.05, 0) is 47.2 Å². The average molecular weight is 381 g/mol. The molecule has 1 saturated heterocycles. The highest BCUT2D eigenvalue weighted by molar-refractivity contribution is 7.10. The van der Waals surface area contributed by atoms with Crippen molar-refractivity contribution < 1.29 is 14.3 Å². The van der Waals surface area contributed by atoms with Crippen molar-refractivity contribution in [2.45, 2.75) is 18.3 Å². The van der Waals surface area contributed by atoms with Crippen LogP contribution in [0.1, 0.15) is 17.7 Å². The molecule has 4 nitrogen and oxygen atoms in total. The maximum atomic E-state index is 12.4. The van der Waals surface area contributed by atoms with Crippen LogP contribution in [0.25, 0.3) is 10.8 Å². The largest absolute Gasteiger partial charge is 0.484 e.